The van der Waals surface area contributed by atoms with E-state index in [0.29, 0.717) is 19.3 Å². The lowest BCUT2D eigenvalue weighted by Gasteiger charge is -2.18. The van der Waals surface area contributed by atoms with Crippen LogP contribution in [0.4, 0.5) is 0 Å². The molecule has 0 aromatic heterocycles. The summed E-state index contributed by atoms with van der Waals surface area (Å²) in [6, 6.07) is 0. The number of rotatable bonds is 58. The van der Waals surface area contributed by atoms with Crippen molar-refractivity contribution in [2.24, 2.45) is 0 Å². The van der Waals surface area contributed by atoms with Crippen molar-refractivity contribution in [1.82, 2.24) is 0 Å². The monoisotopic (exact) mass is 1010 g/mol. The lowest BCUT2D eigenvalue weighted by Crippen LogP contribution is -2.30. The van der Waals surface area contributed by atoms with Gasteiger partial charge < -0.3 is 14.2 Å². The van der Waals surface area contributed by atoms with Crippen LogP contribution in [-0.4, -0.2) is 37.2 Å². The van der Waals surface area contributed by atoms with Crippen molar-refractivity contribution < 1.29 is 28.6 Å². The summed E-state index contributed by atoms with van der Waals surface area (Å²) in [7, 11) is 0. The molecule has 0 saturated heterocycles. The minimum absolute atomic E-state index is 0.0767. The highest BCUT2D eigenvalue weighted by molar-refractivity contribution is 5.71. The molecule has 1 unspecified atom stereocenters. The summed E-state index contributed by atoms with van der Waals surface area (Å²) in [5.74, 6) is -0.875. The molecule has 6 nitrogen and oxygen atoms in total. The molecule has 0 aliphatic heterocycles. The zero-order chi connectivity index (χ0) is 52.2. The molecule has 0 N–H and O–H groups in total. The molecule has 0 fully saturated rings. The van der Waals surface area contributed by atoms with Crippen molar-refractivity contribution >= 4 is 17.9 Å². The Bertz CT molecular complexity index is 1250. The summed E-state index contributed by atoms with van der Waals surface area (Å²) in [5.41, 5.74) is 0. The van der Waals surface area contributed by atoms with Gasteiger partial charge in [-0.25, -0.2) is 0 Å². The van der Waals surface area contributed by atoms with Gasteiger partial charge in [-0.3, -0.25) is 14.4 Å². The number of unbranched alkanes of at least 4 members (excludes halogenated alkanes) is 39. The molecule has 0 heterocycles. The predicted octanol–water partition coefficient (Wildman–Crippen LogP) is 21.4. The van der Waals surface area contributed by atoms with Crippen molar-refractivity contribution in [3.63, 3.8) is 0 Å². The molecule has 0 amide bonds. The molecule has 0 aliphatic carbocycles. The van der Waals surface area contributed by atoms with Gasteiger partial charge >= 0.3 is 17.9 Å². The van der Waals surface area contributed by atoms with Crippen molar-refractivity contribution in [2.75, 3.05) is 13.2 Å². The van der Waals surface area contributed by atoms with Crippen LogP contribution in [0.25, 0.3) is 0 Å². The van der Waals surface area contributed by atoms with Gasteiger partial charge in [0.15, 0.2) is 6.10 Å². The molecule has 0 spiro atoms. The largest absolute Gasteiger partial charge is 0.462 e. The number of hydrogen-bond acceptors (Lipinski definition) is 6. The molecule has 1 atom stereocenters. The highest BCUT2D eigenvalue weighted by Crippen LogP contribution is 2.17. The first-order chi connectivity index (χ1) is 35.5. The fourth-order valence-corrected chi connectivity index (χ4v) is 9.28. The van der Waals surface area contributed by atoms with Crippen molar-refractivity contribution in [2.45, 2.75) is 341 Å². The summed E-state index contributed by atoms with van der Waals surface area (Å²) < 4.78 is 16.9. The zero-order valence-corrected chi connectivity index (χ0v) is 48.2. The van der Waals surface area contributed by atoms with Crippen LogP contribution in [0.3, 0.4) is 0 Å². The van der Waals surface area contributed by atoms with E-state index in [-0.39, 0.29) is 31.1 Å². The van der Waals surface area contributed by atoms with Crippen LogP contribution in [-0.2, 0) is 28.6 Å². The van der Waals surface area contributed by atoms with E-state index in [0.717, 1.165) is 89.9 Å². The molecule has 0 aliphatic rings. The van der Waals surface area contributed by atoms with E-state index in [1.165, 1.54) is 205 Å². The number of carbonyl (C=O) groups is 3. The van der Waals surface area contributed by atoms with E-state index < -0.39 is 6.10 Å². The number of ether oxygens (including phenoxy) is 3. The van der Waals surface area contributed by atoms with Crippen molar-refractivity contribution in [1.29, 1.82) is 0 Å². The number of carbonyl (C=O) groups excluding carboxylic acids is 3. The Hall–Kier alpha value is -2.63. The van der Waals surface area contributed by atoms with Gasteiger partial charge in [0.2, 0.25) is 0 Å². The zero-order valence-electron chi connectivity index (χ0n) is 48.2. The molecular weight excluding hydrogens is 889 g/mol. The standard InChI is InChI=1S/C66H120O6/c1-4-7-10-13-16-19-22-24-26-28-30-32-33-35-36-38-40-42-44-47-50-53-56-59-65(68)71-62-63(61-70-64(67)58-55-52-49-46-21-18-15-12-9-6-3)72-66(69)60-57-54-51-48-45-43-41-39-37-34-31-29-27-25-23-20-17-14-11-8-5-2/h12,15,22,24,28,30,33,35,63H,4-11,13-14,16-21,23,25-27,29,31-32,34,36-62H2,1-3H3/b15-12-,24-22-,30-28-,35-33-. The average Bonchev–Trinajstić information content (AvgIpc) is 3.38. The first-order valence-corrected chi connectivity index (χ1v) is 31.6. The fourth-order valence-electron chi connectivity index (χ4n) is 9.28. The van der Waals surface area contributed by atoms with Gasteiger partial charge in [-0.2, -0.15) is 0 Å². The molecule has 0 aromatic rings. The van der Waals surface area contributed by atoms with E-state index >= 15 is 0 Å². The Labute approximate surface area is 448 Å². The van der Waals surface area contributed by atoms with Crippen LogP contribution in [0.5, 0.6) is 0 Å². The average molecular weight is 1010 g/mol. The smallest absolute Gasteiger partial charge is 0.306 e. The maximum atomic E-state index is 12.9. The highest BCUT2D eigenvalue weighted by Gasteiger charge is 2.19. The van der Waals surface area contributed by atoms with Gasteiger partial charge in [0, 0.05) is 19.3 Å². The summed E-state index contributed by atoms with van der Waals surface area (Å²) in [6.45, 7) is 6.60. The molecule has 6 heteroatoms. The van der Waals surface area contributed by atoms with Crippen molar-refractivity contribution in [3.8, 4) is 0 Å². The minimum atomic E-state index is -0.777. The lowest BCUT2D eigenvalue weighted by atomic mass is 10.0. The van der Waals surface area contributed by atoms with Crippen LogP contribution < -0.4 is 0 Å². The van der Waals surface area contributed by atoms with Gasteiger partial charge in [0.25, 0.3) is 0 Å². The van der Waals surface area contributed by atoms with Crippen LogP contribution >= 0.6 is 0 Å². The van der Waals surface area contributed by atoms with E-state index in [1.54, 1.807) is 0 Å². The Morgan fingerprint density at radius 1 is 0.278 bits per heavy atom. The number of allylic oxidation sites excluding steroid dienone is 8. The van der Waals surface area contributed by atoms with E-state index in [4.69, 9.17) is 14.2 Å². The van der Waals surface area contributed by atoms with Crippen LogP contribution in [0.15, 0.2) is 48.6 Å². The van der Waals surface area contributed by atoms with E-state index in [9.17, 15) is 14.4 Å². The first-order valence-electron chi connectivity index (χ1n) is 31.6. The van der Waals surface area contributed by atoms with Gasteiger partial charge in [0.05, 0.1) is 0 Å². The van der Waals surface area contributed by atoms with Gasteiger partial charge in [-0.15, -0.1) is 0 Å². The van der Waals surface area contributed by atoms with Gasteiger partial charge in [0.1, 0.15) is 13.2 Å². The quantitative estimate of drug-likeness (QED) is 0.0261. The maximum Gasteiger partial charge on any atom is 0.306 e. The van der Waals surface area contributed by atoms with E-state index in [2.05, 4.69) is 69.4 Å². The molecule has 0 saturated carbocycles. The third kappa shape index (κ3) is 58.3. The summed E-state index contributed by atoms with van der Waals surface area (Å²) in [4.78, 5) is 38.2. The molecule has 420 valence electrons. The molecule has 72 heavy (non-hydrogen) atoms. The second-order valence-electron chi connectivity index (χ2n) is 21.3. The Morgan fingerprint density at radius 2 is 0.528 bits per heavy atom. The molecule has 0 radical (unpaired) electrons. The topological polar surface area (TPSA) is 78.9 Å². The van der Waals surface area contributed by atoms with Crippen LogP contribution in [0, 0.1) is 0 Å². The predicted molar refractivity (Wildman–Crippen MR) is 312 cm³/mol. The highest BCUT2D eigenvalue weighted by atomic mass is 16.6. The second-order valence-corrected chi connectivity index (χ2v) is 21.3. The Balaban J connectivity index is 4.24. The van der Waals surface area contributed by atoms with Crippen LogP contribution in [0.1, 0.15) is 335 Å². The summed E-state index contributed by atoms with van der Waals surface area (Å²) >= 11 is 0. The first kappa shape index (κ1) is 69.4. The Morgan fingerprint density at radius 3 is 0.847 bits per heavy atom. The third-order valence-corrected chi connectivity index (χ3v) is 14.0. The number of esters is 3. The molecule has 0 rings (SSSR count). The summed E-state index contributed by atoms with van der Waals surface area (Å²) in [5, 5.41) is 0. The normalized spacial score (nSPS) is 12.3. The van der Waals surface area contributed by atoms with Crippen molar-refractivity contribution in [3.05, 3.63) is 48.6 Å². The fraction of sp³-hybridized carbons (Fsp3) is 0.833. The van der Waals surface area contributed by atoms with E-state index in [1.807, 2.05) is 0 Å². The maximum absolute atomic E-state index is 12.9. The lowest BCUT2D eigenvalue weighted by molar-refractivity contribution is -0.167. The van der Waals surface area contributed by atoms with Crippen LogP contribution in [0.2, 0.25) is 0 Å². The van der Waals surface area contributed by atoms with Gasteiger partial charge in [-0.1, -0.05) is 288 Å². The SMILES string of the molecule is CCC/C=C\CCCCCCCC(=O)OCC(COC(=O)CCCCCCCCCC/C=C\C/C=C\C/C=C\CCCCCCC)OC(=O)CCCCCCCCCCCCCCCCCCCCCCC. The molecule has 0 aromatic carbocycles. The minimum Gasteiger partial charge on any atom is -0.462 e. The summed E-state index contributed by atoms with van der Waals surface area (Å²) in [6.07, 6.45) is 75.5. The number of hydrogen-bond donors (Lipinski definition) is 0. The third-order valence-electron chi connectivity index (χ3n) is 14.0. The van der Waals surface area contributed by atoms with Gasteiger partial charge in [-0.05, 0) is 77.0 Å². The molecule has 0 bridgehead atoms. The molecular formula is C66H120O6. The Kier molecular flexibility index (Phi) is 58.7. The second kappa shape index (κ2) is 60.9.